The first-order chi connectivity index (χ1) is 12.1. The van der Waals surface area contributed by atoms with Gasteiger partial charge in [-0.15, -0.1) is 0 Å². The van der Waals surface area contributed by atoms with Gasteiger partial charge in [0.05, 0.1) is 0 Å². The second kappa shape index (κ2) is 8.20. The molecule has 0 N–H and O–H groups in total. The SMILES string of the molecule is CC[C@@H](C)c1ccc(N(c2ccc(Br)cc2)c2ccc(Br)cc2)cc1. The molecule has 0 bridgehead atoms. The smallest absolute Gasteiger partial charge is 0.0462 e. The second-order valence-electron chi connectivity index (χ2n) is 6.19. The standard InChI is InChI=1S/C22H21Br2N/c1-3-16(2)17-4-10-20(11-5-17)25(21-12-6-18(23)7-13-21)22-14-8-19(24)9-15-22/h4-16H,3H2,1-2H3/t16-/m1/s1. The predicted octanol–water partition coefficient (Wildman–Crippen LogP) is 8.19. The van der Waals surface area contributed by atoms with E-state index in [9.17, 15) is 0 Å². The monoisotopic (exact) mass is 457 g/mol. The number of nitrogens with zero attached hydrogens (tertiary/aromatic N) is 1. The molecule has 1 nitrogen and oxygen atoms in total. The molecule has 0 radical (unpaired) electrons. The summed E-state index contributed by atoms with van der Waals surface area (Å²) in [6, 6.07) is 25.8. The fourth-order valence-electron chi connectivity index (χ4n) is 2.82. The molecule has 128 valence electrons. The molecule has 3 aromatic carbocycles. The lowest BCUT2D eigenvalue weighted by atomic mass is 9.98. The molecule has 0 spiro atoms. The van der Waals surface area contributed by atoms with Crippen molar-refractivity contribution in [3.63, 3.8) is 0 Å². The van der Waals surface area contributed by atoms with Crippen molar-refractivity contribution < 1.29 is 0 Å². The van der Waals surface area contributed by atoms with Gasteiger partial charge in [0.1, 0.15) is 0 Å². The molecule has 3 heteroatoms. The van der Waals surface area contributed by atoms with Crippen LogP contribution in [0.3, 0.4) is 0 Å². The molecular formula is C22H21Br2N. The summed E-state index contributed by atoms with van der Waals surface area (Å²) in [5.41, 5.74) is 4.83. The van der Waals surface area contributed by atoms with E-state index in [0.29, 0.717) is 5.92 Å². The highest BCUT2D eigenvalue weighted by atomic mass is 79.9. The zero-order chi connectivity index (χ0) is 17.8. The van der Waals surface area contributed by atoms with E-state index in [2.05, 4.69) is 123 Å². The van der Waals surface area contributed by atoms with Gasteiger partial charge in [0.15, 0.2) is 0 Å². The minimum absolute atomic E-state index is 0.586. The van der Waals surface area contributed by atoms with E-state index in [1.807, 2.05) is 0 Å². The summed E-state index contributed by atoms with van der Waals surface area (Å²) >= 11 is 7.05. The van der Waals surface area contributed by atoms with Crippen molar-refractivity contribution in [1.29, 1.82) is 0 Å². The van der Waals surface area contributed by atoms with Crippen LogP contribution in [0.1, 0.15) is 31.7 Å². The topological polar surface area (TPSA) is 3.24 Å². The van der Waals surface area contributed by atoms with Gasteiger partial charge >= 0.3 is 0 Å². The number of hydrogen-bond acceptors (Lipinski definition) is 1. The summed E-state index contributed by atoms with van der Waals surface area (Å²) in [6.45, 7) is 4.50. The Kier molecular flexibility index (Phi) is 5.98. The van der Waals surface area contributed by atoms with Crippen molar-refractivity contribution in [3.05, 3.63) is 87.3 Å². The lowest BCUT2D eigenvalue weighted by molar-refractivity contribution is 0.733. The Morgan fingerprint density at radius 1 is 0.680 bits per heavy atom. The van der Waals surface area contributed by atoms with Crippen molar-refractivity contribution >= 4 is 48.9 Å². The third-order valence-corrected chi connectivity index (χ3v) is 5.56. The van der Waals surface area contributed by atoms with E-state index in [1.165, 1.54) is 5.56 Å². The van der Waals surface area contributed by atoms with E-state index >= 15 is 0 Å². The van der Waals surface area contributed by atoms with Gasteiger partial charge in [-0.2, -0.15) is 0 Å². The van der Waals surface area contributed by atoms with Crippen LogP contribution in [0.5, 0.6) is 0 Å². The average molecular weight is 459 g/mol. The van der Waals surface area contributed by atoms with Gasteiger partial charge in [-0.05, 0) is 78.6 Å². The van der Waals surface area contributed by atoms with Gasteiger partial charge < -0.3 is 4.90 Å². The largest absolute Gasteiger partial charge is 0.311 e. The molecule has 3 rings (SSSR count). The fourth-order valence-corrected chi connectivity index (χ4v) is 3.34. The molecule has 0 aliphatic heterocycles. The molecule has 0 saturated carbocycles. The van der Waals surface area contributed by atoms with Gasteiger partial charge in [0.2, 0.25) is 0 Å². The predicted molar refractivity (Wildman–Crippen MR) is 115 cm³/mol. The Morgan fingerprint density at radius 3 is 1.40 bits per heavy atom. The second-order valence-corrected chi connectivity index (χ2v) is 8.02. The van der Waals surface area contributed by atoms with Gasteiger partial charge in [-0.3, -0.25) is 0 Å². The number of halogens is 2. The van der Waals surface area contributed by atoms with E-state index < -0.39 is 0 Å². The zero-order valence-electron chi connectivity index (χ0n) is 14.4. The maximum Gasteiger partial charge on any atom is 0.0462 e. The van der Waals surface area contributed by atoms with Crippen LogP contribution in [0.2, 0.25) is 0 Å². The molecule has 0 aromatic heterocycles. The summed E-state index contributed by atoms with van der Waals surface area (Å²) in [4.78, 5) is 2.28. The lowest BCUT2D eigenvalue weighted by Crippen LogP contribution is -2.09. The maximum atomic E-state index is 3.53. The normalized spacial score (nSPS) is 12.0. The minimum Gasteiger partial charge on any atom is -0.311 e. The van der Waals surface area contributed by atoms with Crippen LogP contribution in [0.25, 0.3) is 0 Å². The molecule has 0 saturated heterocycles. The lowest BCUT2D eigenvalue weighted by Gasteiger charge is -2.26. The highest BCUT2D eigenvalue weighted by molar-refractivity contribution is 9.10. The number of rotatable bonds is 5. The first-order valence-electron chi connectivity index (χ1n) is 8.49. The van der Waals surface area contributed by atoms with Gasteiger partial charge in [0.25, 0.3) is 0 Å². The summed E-state index contributed by atoms with van der Waals surface area (Å²) in [7, 11) is 0. The molecule has 0 aliphatic rings. The van der Waals surface area contributed by atoms with Crippen LogP contribution in [0.4, 0.5) is 17.1 Å². The van der Waals surface area contributed by atoms with E-state index in [0.717, 1.165) is 32.4 Å². The third kappa shape index (κ3) is 4.34. The summed E-state index contributed by atoms with van der Waals surface area (Å²) in [5.74, 6) is 0.586. The summed E-state index contributed by atoms with van der Waals surface area (Å²) < 4.78 is 2.17. The van der Waals surface area contributed by atoms with Crippen molar-refractivity contribution in [2.45, 2.75) is 26.2 Å². The molecule has 0 aliphatic carbocycles. The fraction of sp³-hybridized carbons (Fsp3) is 0.182. The molecule has 0 amide bonds. The van der Waals surface area contributed by atoms with Crippen LogP contribution in [0, 0.1) is 0 Å². The Balaban J connectivity index is 2.04. The molecule has 0 heterocycles. The minimum atomic E-state index is 0.586. The highest BCUT2D eigenvalue weighted by Crippen LogP contribution is 2.36. The Hall–Kier alpha value is -1.58. The van der Waals surface area contributed by atoms with Crippen LogP contribution in [-0.4, -0.2) is 0 Å². The molecular weight excluding hydrogens is 438 g/mol. The van der Waals surface area contributed by atoms with Crippen LogP contribution < -0.4 is 4.90 Å². The number of benzene rings is 3. The zero-order valence-corrected chi connectivity index (χ0v) is 17.6. The third-order valence-electron chi connectivity index (χ3n) is 4.50. The molecule has 25 heavy (non-hydrogen) atoms. The molecule has 0 fully saturated rings. The van der Waals surface area contributed by atoms with Gasteiger partial charge in [-0.1, -0.05) is 57.8 Å². The van der Waals surface area contributed by atoms with E-state index in [4.69, 9.17) is 0 Å². The van der Waals surface area contributed by atoms with E-state index in [-0.39, 0.29) is 0 Å². The number of anilines is 3. The summed E-state index contributed by atoms with van der Waals surface area (Å²) in [5, 5.41) is 0. The quantitative estimate of drug-likeness (QED) is 0.372. The molecule has 0 unspecified atom stereocenters. The van der Waals surface area contributed by atoms with Crippen LogP contribution in [-0.2, 0) is 0 Å². The van der Waals surface area contributed by atoms with E-state index in [1.54, 1.807) is 0 Å². The number of hydrogen-bond donors (Lipinski definition) is 0. The van der Waals surface area contributed by atoms with Crippen molar-refractivity contribution in [2.75, 3.05) is 4.90 Å². The molecule has 1 atom stereocenters. The Bertz CT molecular complexity index is 763. The van der Waals surface area contributed by atoms with Gasteiger partial charge in [-0.25, -0.2) is 0 Å². The highest BCUT2D eigenvalue weighted by Gasteiger charge is 2.13. The summed E-state index contributed by atoms with van der Waals surface area (Å²) in [6.07, 6.45) is 1.16. The van der Waals surface area contributed by atoms with Crippen molar-refractivity contribution in [1.82, 2.24) is 0 Å². The maximum absolute atomic E-state index is 3.53. The first-order valence-corrected chi connectivity index (χ1v) is 10.1. The van der Waals surface area contributed by atoms with Crippen molar-refractivity contribution in [3.8, 4) is 0 Å². The Morgan fingerprint density at radius 2 is 1.04 bits per heavy atom. The van der Waals surface area contributed by atoms with Crippen LogP contribution >= 0.6 is 31.9 Å². The molecule has 3 aromatic rings. The van der Waals surface area contributed by atoms with Crippen LogP contribution in [0.15, 0.2) is 81.7 Å². The van der Waals surface area contributed by atoms with Crippen molar-refractivity contribution in [2.24, 2.45) is 0 Å². The Labute approximate surface area is 167 Å². The van der Waals surface area contributed by atoms with Gasteiger partial charge in [0, 0.05) is 26.0 Å². The average Bonchev–Trinajstić information content (AvgIpc) is 2.65. The first kappa shape index (κ1) is 18.2.